The van der Waals surface area contributed by atoms with Crippen molar-refractivity contribution in [3.8, 4) is 11.6 Å². The zero-order valence-electron chi connectivity index (χ0n) is 23.8. The van der Waals surface area contributed by atoms with E-state index < -0.39 is 0 Å². The molecule has 0 N–H and O–H groups in total. The van der Waals surface area contributed by atoms with E-state index in [2.05, 4.69) is 28.8 Å². The lowest BCUT2D eigenvalue weighted by Gasteiger charge is -2.42. The number of nitrogens with zero attached hydrogens (tertiary/aromatic N) is 3. The summed E-state index contributed by atoms with van der Waals surface area (Å²) in [5.41, 5.74) is 2.52. The van der Waals surface area contributed by atoms with Crippen molar-refractivity contribution in [3.05, 3.63) is 41.6 Å². The number of carbonyl (C=O) groups is 2. The first-order chi connectivity index (χ1) is 18.3. The average molecular weight is 672 g/mol. The van der Waals surface area contributed by atoms with Crippen LogP contribution in [0.4, 0.5) is 0 Å². The molecule has 39 heavy (non-hydrogen) atoms. The highest BCUT2D eigenvalue weighted by atomic mass is 127. The summed E-state index contributed by atoms with van der Waals surface area (Å²) >= 11 is 1.17. The van der Waals surface area contributed by atoms with Crippen molar-refractivity contribution < 1.29 is 52.3 Å². The highest BCUT2D eigenvalue weighted by Crippen LogP contribution is 2.32. The number of hydrogen-bond donors (Lipinski definition) is 0. The number of unbranched alkanes of at least 4 members (excludes halogenated alkanes) is 3. The van der Waals surface area contributed by atoms with Crippen LogP contribution in [0.25, 0.3) is 5.57 Å². The SMILES string of the molecule is CCCCCCOc1nsnc1C1=CCC[N+](C)(C(CC)OC(=O)Cc2ccccc2OC(=O)C(C)C)C1.[I-]. The maximum Gasteiger partial charge on any atom is 0.314 e. The van der Waals surface area contributed by atoms with Crippen LogP contribution in [0.2, 0.25) is 0 Å². The van der Waals surface area contributed by atoms with E-state index in [1.54, 1.807) is 32.0 Å². The first-order valence-electron chi connectivity index (χ1n) is 13.8. The van der Waals surface area contributed by atoms with Gasteiger partial charge in [-0.05, 0) is 12.5 Å². The number of halogens is 1. The number of ether oxygens (including phenoxy) is 3. The molecule has 0 bridgehead atoms. The van der Waals surface area contributed by atoms with Crippen molar-refractivity contribution in [2.75, 3.05) is 26.7 Å². The molecule has 1 aliphatic rings. The molecule has 1 aromatic carbocycles. The lowest BCUT2D eigenvalue weighted by atomic mass is 10.0. The molecule has 0 amide bonds. The third kappa shape index (κ3) is 9.53. The summed E-state index contributed by atoms with van der Waals surface area (Å²) in [4.78, 5) is 25.2. The molecule has 2 atom stereocenters. The first kappa shape index (κ1) is 33.2. The normalized spacial score (nSPS) is 17.6. The number of carbonyl (C=O) groups excluding carboxylic acids is 2. The first-order valence-corrected chi connectivity index (χ1v) is 14.5. The van der Waals surface area contributed by atoms with E-state index >= 15 is 0 Å². The summed E-state index contributed by atoms with van der Waals surface area (Å²) in [5.74, 6) is 0.0718. The van der Waals surface area contributed by atoms with Gasteiger partial charge in [0.2, 0.25) is 6.23 Å². The van der Waals surface area contributed by atoms with Crippen molar-refractivity contribution >= 4 is 29.2 Å². The predicted molar refractivity (Wildman–Crippen MR) is 149 cm³/mol. The minimum Gasteiger partial charge on any atom is -1.00 e. The number of rotatable bonds is 14. The zero-order chi connectivity index (χ0) is 27.5. The molecule has 8 nitrogen and oxygen atoms in total. The average Bonchev–Trinajstić information content (AvgIpc) is 3.37. The van der Waals surface area contributed by atoms with E-state index in [1.807, 2.05) is 13.0 Å². The van der Waals surface area contributed by atoms with Gasteiger partial charge < -0.3 is 38.2 Å². The minimum absolute atomic E-state index is 0. The highest BCUT2D eigenvalue weighted by molar-refractivity contribution is 6.99. The Kier molecular flexibility index (Phi) is 13.8. The van der Waals surface area contributed by atoms with Gasteiger partial charge in [0.15, 0.2) is 0 Å². The Balaban J connectivity index is 0.00000533. The topological polar surface area (TPSA) is 87.6 Å². The standard InChI is InChI=1S/C29H42N3O5S.HI/c1-6-8-9-12-18-35-28-27(30-38-31-28)23-15-13-17-32(5,20-23)25(7-2)37-26(33)19-22-14-10-11-16-24(22)36-29(34)21(3)4;/h10-11,14-16,21,25H,6-9,12-13,17-20H2,1-5H3;1H/q+1;/p-1. The maximum atomic E-state index is 13.1. The number of esters is 2. The van der Waals surface area contributed by atoms with E-state index in [9.17, 15) is 9.59 Å². The number of quaternary nitrogens is 1. The zero-order valence-corrected chi connectivity index (χ0v) is 26.8. The molecule has 3 rings (SSSR count). The highest BCUT2D eigenvalue weighted by Gasteiger charge is 2.38. The van der Waals surface area contributed by atoms with Crippen LogP contribution in [0, 0.1) is 5.92 Å². The fraction of sp³-hybridized carbons (Fsp3) is 0.586. The van der Waals surface area contributed by atoms with Gasteiger partial charge in [-0.25, -0.2) is 0 Å². The van der Waals surface area contributed by atoms with Crippen LogP contribution in [0.5, 0.6) is 11.6 Å². The van der Waals surface area contributed by atoms with Crippen LogP contribution >= 0.6 is 11.7 Å². The summed E-state index contributed by atoms with van der Waals surface area (Å²) in [6.45, 7) is 9.95. The molecule has 2 unspecified atom stereocenters. The van der Waals surface area contributed by atoms with Crippen molar-refractivity contribution in [3.63, 3.8) is 0 Å². The summed E-state index contributed by atoms with van der Waals surface area (Å²) in [6.07, 6.45) is 7.99. The Hall–Kier alpha value is -2.05. The maximum absolute atomic E-state index is 13.1. The molecular formula is C29H42IN3O5S. The van der Waals surface area contributed by atoms with Gasteiger partial charge in [0, 0.05) is 24.0 Å². The predicted octanol–water partition coefficient (Wildman–Crippen LogP) is 2.82. The second-order valence-corrected chi connectivity index (χ2v) is 10.9. The number of para-hydroxylation sites is 1. The Labute approximate surface area is 254 Å². The van der Waals surface area contributed by atoms with Gasteiger partial charge in [0.1, 0.15) is 18.0 Å². The van der Waals surface area contributed by atoms with Crippen LogP contribution in [0.1, 0.15) is 77.5 Å². The van der Waals surface area contributed by atoms with E-state index in [1.165, 1.54) is 24.6 Å². The number of aromatic nitrogens is 2. The van der Waals surface area contributed by atoms with Crippen LogP contribution < -0.4 is 33.5 Å². The second kappa shape index (κ2) is 16.3. The molecule has 10 heteroatoms. The molecule has 0 saturated carbocycles. The molecule has 0 saturated heterocycles. The lowest BCUT2D eigenvalue weighted by Crippen LogP contribution is -3.00. The molecule has 0 radical (unpaired) electrons. The van der Waals surface area contributed by atoms with Crippen molar-refractivity contribution in [1.82, 2.24) is 8.75 Å². The van der Waals surface area contributed by atoms with Crippen molar-refractivity contribution in [2.45, 2.75) is 78.9 Å². The minimum atomic E-state index is -0.341. The lowest BCUT2D eigenvalue weighted by molar-refractivity contribution is -0.947. The summed E-state index contributed by atoms with van der Waals surface area (Å²) < 4.78 is 27.0. The third-order valence-electron chi connectivity index (χ3n) is 6.86. The van der Waals surface area contributed by atoms with E-state index in [0.717, 1.165) is 37.1 Å². The van der Waals surface area contributed by atoms with Crippen LogP contribution in [-0.2, 0) is 20.7 Å². The summed E-state index contributed by atoms with van der Waals surface area (Å²) in [7, 11) is 2.12. The number of likely N-dealkylation sites (N-methyl/N-ethyl adjacent to an activating group) is 1. The smallest absolute Gasteiger partial charge is 0.314 e. The van der Waals surface area contributed by atoms with E-state index in [4.69, 9.17) is 14.2 Å². The van der Waals surface area contributed by atoms with E-state index in [0.29, 0.717) is 41.2 Å². The van der Waals surface area contributed by atoms with Gasteiger partial charge in [0.05, 0.1) is 44.3 Å². The monoisotopic (exact) mass is 671 g/mol. The molecule has 0 spiro atoms. The van der Waals surface area contributed by atoms with Crippen LogP contribution in [0.15, 0.2) is 30.3 Å². The van der Waals surface area contributed by atoms with Crippen LogP contribution in [-0.4, -0.2) is 58.1 Å². The Morgan fingerprint density at radius 1 is 1.10 bits per heavy atom. The van der Waals surface area contributed by atoms with Crippen molar-refractivity contribution in [2.24, 2.45) is 5.92 Å². The molecule has 2 heterocycles. The fourth-order valence-corrected chi connectivity index (χ4v) is 5.16. The van der Waals surface area contributed by atoms with Gasteiger partial charge in [0.25, 0.3) is 5.88 Å². The molecule has 0 fully saturated rings. The second-order valence-electron chi connectivity index (χ2n) is 10.4. The fourth-order valence-electron chi connectivity index (χ4n) is 4.63. The van der Waals surface area contributed by atoms with Crippen molar-refractivity contribution in [1.29, 1.82) is 0 Å². The largest absolute Gasteiger partial charge is 1.00 e. The molecule has 2 aromatic rings. The van der Waals surface area contributed by atoms with E-state index in [-0.39, 0.29) is 54.5 Å². The van der Waals surface area contributed by atoms with Gasteiger partial charge in [-0.3, -0.25) is 14.1 Å². The molecule has 216 valence electrons. The summed E-state index contributed by atoms with van der Waals surface area (Å²) in [5, 5.41) is 0. The van der Waals surface area contributed by atoms with Crippen LogP contribution in [0.3, 0.4) is 0 Å². The number of benzene rings is 1. The molecule has 1 aromatic heterocycles. The van der Waals surface area contributed by atoms with Gasteiger partial charge in [-0.2, -0.15) is 4.37 Å². The Bertz CT molecular complexity index is 1110. The van der Waals surface area contributed by atoms with Gasteiger partial charge in [-0.15, -0.1) is 4.37 Å². The molecular weight excluding hydrogens is 629 g/mol. The quantitative estimate of drug-likeness (QED) is 0.100. The molecule has 0 aliphatic carbocycles. The Morgan fingerprint density at radius 3 is 2.59 bits per heavy atom. The van der Waals surface area contributed by atoms with Gasteiger partial charge in [-0.1, -0.05) is 71.2 Å². The van der Waals surface area contributed by atoms with Gasteiger partial charge >= 0.3 is 11.9 Å². The third-order valence-corrected chi connectivity index (χ3v) is 7.37. The summed E-state index contributed by atoms with van der Waals surface area (Å²) in [6, 6.07) is 7.12. The number of hydrogen-bond acceptors (Lipinski definition) is 8. The molecule has 1 aliphatic heterocycles. The Morgan fingerprint density at radius 2 is 1.87 bits per heavy atom.